The number of thiazole rings is 1. The molecule has 32 valence electrons. The van der Waals surface area contributed by atoms with E-state index in [1.165, 1.54) is 11.3 Å². The first kappa shape index (κ1) is 7.63. The van der Waals surface area contributed by atoms with Gasteiger partial charge in [-0.3, -0.25) is 11.3 Å². The fourth-order valence-electron chi connectivity index (χ4n) is 0.236. The first-order valence-corrected chi connectivity index (χ1v) is 2.56. The molecule has 0 spiro atoms. The van der Waals surface area contributed by atoms with Crippen molar-refractivity contribution in [2.45, 2.75) is 6.92 Å². The van der Waals surface area contributed by atoms with E-state index in [1.807, 2.05) is 12.3 Å². The third-order valence-corrected chi connectivity index (χ3v) is 1.16. The Morgan fingerprint density at radius 3 is 2.71 bits per heavy atom. The Labute approximate surface area is 69.1 Å². The SMILES string of the molecule is Cc1cs[c-]n1.[Na+]. The molecule has 0 fully saturated rings. The molecular formula is C4H4NNaS. The van der Waals surface area contributed by atoms with Crippen LogP contribution in [0.1, 0.15) is 5.69 Å². The molecule has 1 aromatic heterocycles. The molecule has 0 atom stereocenters. The standard InChI is InChI=1S/C4H4NS.Na/c1-4-2-6-3-5-4;/h2H,1H3;/q-1;+1. The second-order valence-electron chi connectivity index (χ2n) is 1.08. The maximum Gasteiger partial charge on any atom is 1.00 e. The van der Waals surface area contributed by atoms with E-state index in [4.69, 9.17) is 0 Å². The zero-order valence-electron chi connectivity index (χ0n) is 4.43. The average molecular weight is 121 g/mol. The molecule has 1 rings (SSSR count). The summed E-state index contributed by atoms with van der Waals surface area (Å²) in [6.07, 6.45) is 0. The summed E-state index contributed by atoms with van der Waals surface area (Å²) in [5, 5.41) is 1.96. The summed E-state index contributed by atoms with van der Waals surface area (Å²) >= 11 is 1.50. The first-order valence-electron chi connectivity index (χ1n) is 1.68. The van der Waals surface area contributed by atoms with Gasteiger partial charge in [0, 0.05) is 0 Å². The van der Waals surface area contributed by atoms with Gasteiger partial charge in [0.15, 0.2) is 0 Å². The molecule has 0 saturated heterocycles. The van der Waals surface area contributed by atoms with E-state index in [0.717, 1.165) is 5.69 Å². The third-order valence-electron chi connectivity index (χ3n) is 0.504. The van der Waals surface area contributed by atoms with Crippen LogP contribution in [0.4, 0.5) is 0 Å². The summed E-state index contributed by atoms with van der Waals surface area (Å²) in [7, 11) is 0. The molecule has 1 nitrogen and oxygen atoms in total. The largest absolute Gasteiger partial charge is 1.00 e. The molecule has 0 amide bonds. The molecule has 0 aliphatic rings. The van der Waals surface area contributed by atoms with Crippen molar-refractivity contribution in [2.75, 3.05) is 0 Å². The van der Waals surface area contributed by atoms with Crippen LogP contribution in [0, 0.1) is 12.4 Å². The molecule has 0 aliphatic heterocycles. The number of nitrogens with zero attached hydrogens (tertiary/aromatic N) is 1. The van der Waals surface area contributed by atoms with Crippen LogP contribution < -0.4 is 29.6 Å². The normalized spacial score (nSPS) is 7.57. The molecule has 0 unspecified atom stereocenters. The molecule has 0 N–H and O–H groups in total. The Morgan fingerprint density at radius 2 is 2.57 bits per heavy atom. The predicted octanol–water partition coefficient (Wildman–Crippen LogP) is -1.74. The van der Waals surface area contributed by atoms with Gasteiger partial charge in [-0.25, -0.2) is 0 Å². The van der Waals surface area contributed by atoms with Gasteiger partial charge < -0.3 is 4.98 Å². The van der Waals surface area contributed by atoms with Crippen molar-refractivity contribution in [1.29, 1.82) is 0 Å². The molecule has 3 heteroatoms. The number of hydrogen-bond acceptors (Lipinski definition) is 2. The van der Waals surface area contributed by atoms with Gasteiger partial charge in [-0.1, -0.05) is 6.92 Å². The van der Waals surface area contributed by atoms with Gasteiger partial charge in [-0.05, 0) is 5.51 Å². The first-order chi connectivity index (χ1) is 2.89. The summed E-state index contributed by atoms with van der Waals surface area (Å²) < 4.78 is 0. The average Bonchev–Trinajstić information content (AvgIpc) is 1.86. The van der Waals surface area contributed by atoms with E-state index in [2.05, 4.69) is 10.5 Å². The molecule has 1 aromatic rings. The topological polar surface area (TPSA) is 12.9 Å². The summed E-state index contributed by atoms with van der Waals surface area (Å²) in [5.74, 6) is 0. The monoisotopic (exact) mass is 121 g/mol. The van der Waals surface area contributed by atoms with Crippen LogP contribution >= 0.6 is 11.3 Å². The molecule has 1 heterocycles. The van der Waals surface area contributed by atoms with E-state index >= 15 is 0 Å². The van der Waals surface area contributed by atoms with Crippen molar-refractivity contribution in [2.24, 2.45) is 0 Å². The van der Waals surface area contributed by atoms with Crippen LogP contribution in [0.2, 0.25) is 0 Å². The molecule has 0 aliphatic carbocycles. The quantitative estimate of drug-likeness (QED) is 0.293. The third kappa shape index (κ3) is 2.44. The Morgan fingerprint density at radius 1 is 1.86 bits per heavy atom. The van der Waals surface area contributed by atoms with E-state index < -0.39 is 0 Å². The number of hydrogen-bond donors (Lipinski definition) is 0. The zero-order chi connectivity index (χ0) is 4.41. The minimum atomic E-state index is 0. The number of aryl methyl sites for hydroxylation is 1. The van der Waals surface area contributed by atoms with E-state index in [0.29, 0.717) is 0 Å². The zero-order valence-corrected chi connectivity index (χ0v) is 7.25. The molecule has 0 bridgehead atoms. The number of rotatable bonds is 0. The summed E-state index contributed by atoms with van der Waals surface area (Å²) in [4.78, 5) is 3.81. The fourth-order valence-corrected chi connectivity index (χ4v) is 0.709. The van der Waals surface area contributed by atoms with Crippen molar-refractivity contribution in [1.82, 2.24) is 4.98 Å². The molecule has 0 radical (unpaired) electrons. The Balaban J connectivity index is 0.000000360. The van der Waals surface area contributed by atoms with Gasteiger partial charge >= 0.3 is 29.6 Å². The molecule has 0 saturated carbocycles. The van der Waals surface area contributed by atoms with Gasteiger partial charge in [-0.15, -0.1) is 11.1 Å². The van der Waals surface area contributed by atoms with Crippen molar-refractivity contribution >= 4 is 11.3 Å². The minimum Gasteiger partial charge on any atom is -0.391 e. The second-order valence-corrected chi connectivity index (χ2v) is 1.73. The van der Waals surface area contributed by atoms with Gasteiger partial charge in [-0.2, -0.15) is 0 Å². The van der Waals surface area contributed by atoms with Crippen LogP contribution in [-0.2, 0) is 0 Å². The molecule has 7 heavy (non-hydrogen) atoms. The summed E-state index contributed by atoms with van der Waals surface area (Å²) in [5.41, 5.74) is 3.78. The smallest absolute Gasteiger partial charge is 0.391 e. The van der Waals surface area contributed by atoms with Crippen LogP contribution in [-0.4, -0.2) is 4.98 Å². The van der Waals surface area contributed by atoms with Crippen molar-refractivity contribution < 1.29 is 29.6 Å². The Kier molecular flexibility index (Phi) is 3.93. The minimum absolute atomic E-state index is 0. The van der Waals surface area contributed by atoms with Crippen LogP contribution in [0.25, 0.3) is 0 Å². The van der Waals surface area contributed by atoms with Gasteiger partial charge in [0.05, 0.1) is 0 Å². The Hall–Kier alpha value is 0.630. The summed E-state index contributed by atoms with van der Waals surface area (Å²) in [6.45, 7) is 1.95. The summed E-state index contributed by atoms with van der Waals surface area (Å²) in [6, 6.07) is 0. The van der Waals surface area contributed by atoms with Gasteiger partial charge in [0.1, 0.15) is 0 Å². The molecule has 0 aromatic carbocycles. The van der Waals surface area contributed by atoms with Crippen molar-refractivity contribution in [3.63, 3.8) is 0 Å². The van der Waals surface area contributed by atoms with Crippen LogP contribution in [0.5, 0.6) is 0 Å². The predicted molar refractivity (Wildman–Crippen MR) is 25.7 cm³/mol. The number of aromatic nitrogens is 1. The maximum atomic E-state index is 3.81. The Bertz CT molecular complexity index is 115. The van der Waals surface area contributed by atoms with Crippen molar-refractivity contribution in [3.8, 4) is 0 Å². The fraction of sp³-hybridized carbons (Fsp3) is 0.250. The second kappa shape index (κ2) is 3.61. The van der Waals surface area contributed by atoms with Gasteiger partial charge in [0.25, 0.3) is 0 Å². The van der Waals surface area contributed by atoms with Crippen LogP contribution in [0.3, 0.4) is 0 Å². The maximum absolute atomic E-state index is 3.81. The molecular weight excluding hydrogens is 117 g/mol. The van der Waals surface area contributed by atoms with E-state index in [1.54, 1.807) is 0 Å². The van der Waals surface area contributed by atoms with E-state index in [-0.39, 0.29) is 29.6 Å². The van der Waals surface area contributed by atoms with E-state index in [9.17, 15) is 0 Å². The van der Waals surface area contributed by atoms with Gasteiger partial charge in [0.2, 0.25) is 0 Å². The van der Waals surface area contributed by atoms with Crippen molar-refractivity contribution in [3.05, 3.63) is 16.6 Å². The van der Waals surface area contributed by atoms with Crippen LogP contribution in [0.15, 0.2) is 5.38 Å².